The number of benzene rings is 2. The molecule has 3 aromatic rings. The van der Waals surface area contributed by atoms with Crippen LogP contribution in [0.4, 0.5) is 5.69 Å². The average molecular weight is 359 g/mol. The number of carbonyl (C=O) groups is 2. The molecule has 0 radical (unpaired) electrons. The van der Waals surface area contributed by atoms with Gasteiger partial charge in [0.15, 0.2) is 0 Å². The Balaban J connectivity index is 1.86. The van der Waals surface area contributed by atoms with E-state index in [0.29, 0.717) is 33.1 Å². The Bertz CT molecular complexity index is 965. The molecular formula is C18H15ClN2O4. The molecule has 0 aliphatic heterocycles. The number of halogens is 1. The molecule has 2 aromatic carbocycles. The van der Waals surface area contributed by atoms with Gasteiger partial charge in [0, 0.05) is 28.2 Å². The van der Waals surface area contributed by atoms with E-state index in [0.717, 1.165) is 0 Å². The monoisotopic (exact) mass is 358 g/mol. The van der Waals surface area contributed by atoms with Crippen molar-refractivity contribution < 1.29 is 19.1 Å². The van der Waals surface area contributed by atoms with Crippen molar-refractivity contribution in [3.8, 4) is 11.5 Å². The van der Waals surface area contributed by atoms with E-state index >= 15 is 0 Å². The van der Waals surface area contributed by atoms with Gasteiger partial charge < -0.3 is 19.8 Å². The first kappa shape index (κ1) is 16.9. The predicted molar refractivity (Wildman–Crippen MR) is 95.8 cm³/mol. The standard InChI is InChI=1S/C18H15ClN2O4/c1-24-11-4-6-14(16(8-11)25-2)21-18(23)17(22)13-9-20-15-7-10(19)3-5-12(13)15/h3-9,20H,1-2H3,(H,21,23). The van der Waals surface area contributed by atoms with Crippen LogP contribution < -0.4 is 14.8 Å². The Morgan fingerprint density at radius 1 is 1.08 bits per heavy atom. The van der Waals surface area contributed by atoms with Crippen molar-refractivity contribution in [1.29, 1.82) is 0 Å². The summed E-state index contributed by atoms with van der Waals surface area (Å²) in [5.74, 6) is -0.452. The number of methoxy groups -OCH3 is 2. The Morgan fingerprint density at radius 2 is 1.88 bits per heavy atom. The van der Waals surface area contributed by atoms with Crippen LogP contribution in [0.1, 0.15) is 10.4 Å². The second kappa shape index (κ2) is 6.86. The molecule has 3 rings (SSSR count). The Labute approximate surface area is 148 Å². The molecule has 0 unspecified atom stereocenters. The second-order valence-electron chi connectivity index (χ2n) is 5.24. The minimum absolute atomic E-state index is 0.275. The lowest BCUT2D eigenvalue weighted by molar-refractivity contribution is -0.112. The van der Waals surface area contributed by atoms with Crippen LogP contribution >= 0.6 is 11.6 Å². The number of amides is 1. The van der Waals surface area contributed by atoms with Crippen LogP contribution in [0.15, 0.2) is 42.6 Å². The van der Waals surface area contributed by atoms with Gasteiger partial charge in [-0.05, 0) is 24.3 Å². The maximum absolute atomic E-state index is 12.5. The zero-order valence-corrected chi connectivity index (χ0v) is 14.3. The van der Waals surface area contributed by atoms with Crippen LogP contribution in [-0.2, 0) is 4.79 Å². The van der Waals surface area contributed by atoms with E-state index < -0.39 is 11.7 Å². The summed E-state index contributed by atoms with van der Waals surface area (Å²) in [5, 5.41) is 3.74. The van der Waals surface area contributed by atoms with Crippen LogP contribution in [0.2, 0.25) is 5.02 Å². The molecule has 0 saturated carbocycles. The second-order valence-corrected chi connectivity index (χ2v) is 5.68. The number of carbonyl (C=O) groups excluding carboxylic acids is 2. The van der Waals surface area contributed by atoms with E-state index in [1.54, 1.807) is 36.4 Å². The molecule has 0 saturated heterocycles. The molecule has 0 fully saturated rings. The summed E-state index contributed by atoms with van der Waals surface area (Å²) in [6, 6.07) is 9.95. The zero-order valence-electron chi connectivity index (χ0n) is 13.6. The maximum Gasteiger partial charge on any atom is 0.296 e. The number of Topliss-reactive ketones (excluding diaryl/α,β-unsaturated/α-hetero) is 1. The molecule has 0 spiro atoms. The van der Waals surface area contributed by atoms with Gasteiger partial charge in [-0.1, -0.05) is 17.7 Å². The molecule has 1 aromatic heterocycles. The molecule has 7 heteroatoms. The molecule has 1 heterocycles. The third kappa shape index (κ3) is 3.29. The van der Waals surface area contributed by atoms with Crippen molar-refractivity contribution >= 4 is 39.9 Å². The first-order valence-electron chi connectivity index (χ1n) is 7.38. The number of fused-ring (bicyclic) bond motifs is 1. The SMILES string of the molecule is COc1ccc(NC(=O)C(=O)c2c[nH]c3cc(Cl)ccc23)c(OC)c1. The van der Waals surface area contributed by atoms with Gasteiger partial charge >= 0.3 is 0 Å². The molecule has 2 N–H and O–H groups in total. The molecule has 128 valence electrons. The maximum atomic E-state index is 12.5. The number of H-pyrrole nitrogens is 1. The van der Waals surface area contributed by atoms with Gasteiger partial charge in [-0.25, -0.2) is 0 Å². The van der Waals surface area contributed by atoms with Gasteiger partial charge in [0.2, 0.25) is 0 Å². The van der Waals surface area contributed by atoms with Crippen LogP contribution in [0.25, 0.3) is 10.9 Å². The van der Waals surface area contributed by atoms with Gasteiger partial charge in [0.25, 0.3) is 11.7 Å². The van der Waals surface area contributed by atoms with Crippen LogP contribution in [-0.4, -0.2) is 30.9 Å². The lowest BCUT2D eigenvalue weighted by Crippen LogP contribution is -2.23. The van der Waals surface area contributed by atoms with Crippen LogP contribution in [0.3, 0.4) is 0 Å². The van der Waals surface area contributed by atoms with Crippen molar-refractivity contribution in [2.75, 3.05) is 19.5 Å². The first-order chi connectivity index (χ1) is 12.0. The number of anilines is 1. The lowest BCUT2D eigenvalue weighted by atomic mass is 10.1. The highest BCUT2D eigenvalue weighted by Gasteiger charge is 2.21. The van der Waals surface area contributed by atoms with E-state index in [-0.39, 0.29) is 5.56 Å². The van der Waals surface area contributed by atoms with Gasteiger partial charge in [-0.15, -0.1) is 0 Å². The van der Waals surface area contributed by atoms with Crippen molar-refractivity contribution in [1.82, 2.24) is 4.98 Å². The van der Waals surface area contributed by atoms with E-state index in [1.165, 1.54) is 20.4 Å². The molecule has 1 amide bonds. The smallest absolute Gasteiger partial charge is 0.296 e. The van der Waals surface area contributed by atoms with E-state index in [9.17, 15) is 9.59 Å². The summed E-state index contributed by atoms with van der Waals surface area (Å²) < 4.78 is 10.3. The number of hydrogen-bond acceptors (Lipinski definition) is 4. The molecule has 0 bridgehead atoms. The zero-order chi connectivity index (χ0) is 18.0. The Morgan fingerprint density at radius 3 is 2.60 bits per heavy atom. The van der Waals surface area contributed by atoms with E-state index in [4.69, 9.17) is 21.1 Å². The summed E-state index contributed by atoms with van der Waals surface area (Å²) in [6.45, 7) is 0. The highest BCUT2D eigenvalue weighted by molar-refractivity contribution is 6.48. The fraction of sp³-hybridized carbons (Fsp3) is 0.111. The van der Waals surface area contributed by atoms with E-state index in [1.807, 2.05) is 0 Å². The third-order valence-corrected chi connectivity index (χ3v) is 3.99. The van der Waals surface area contributed by atoms with E-state index in [2.05, 4.69) is 10.3 Å². The van der Waals surface area contributed by atoms with Gasteiger partial charge in [-0.2, -0.15) is 0 Å². The van der Waals surface area contributed by atoms with Crippen molar-refractivity contribution in [3.05, 3.63) is 53.2 Å². The fourth-order valence-electron chi connectivity index (χ4n) is 2.49. The first-order valence-corrected chi connectivity index (χ1v) is 7.75. The van der Waals surface area contributed by atoms with Crippen LogP contribution in [0.5, 0.6) is 11.5 Å². The Kier molecular flexibility index (Phi) is 4.63. The number of ether oxygens (including phenoxy) is 2. The minimum Gasteiger partial charge on any atom is -0.497 e. The average Bonchev–Trinajstić information content (AvgIpc) is 3.04. The highest BCUT2D eigenvalue weighted by atomic mass is 35.5. The lowest BCUT2D eigenvalue weighted by Gasteiger charge is -2.11. The minimum atomic E-state index is -0.765. The number of aromatic nitrogens is 1. The third-order valence-electron chi connectivity index (χ3n) is 3.75. The van der Waals surface area contributed by atoms with Crippen molar-refractivity contribution in [3.63, 3.8) is 0 Å². The number of aromatic amines is 1. The summed E-state index contributed by atoms with van der Waals surface area (Å²) >= 11 is 5.93. The van der Waals surface area contributed by atoms with Crippen LogP contribution in [0, 0.1) is 0 Å². The molecule has 0 aliphatic rings. The molecule has 0 atom stereocenters. The summed E-state index contributed by atoms with van der Waals surface area (Å²) in [6.07, 6.45) is 1.49. The Hall–Kier alpha value is -2.99. The molecule has 25 heavy (non-hydrogen) atoms. The number of rotatable bonds is 5. The molecular weight excluding hydrogens is 344 g/mol. The highest BCUT2D eigenvalue weighted by Crippen LogP contribution is 2.29. The number of hydrogen-bond donors (Lipinski definition) is 2. The summed E-state index contributed by atoms with van der Waals surface area (Å²) in [4.78, 5) is 27.8. The largest absolute Gasteiger partial charge is 0.497 e. The number of ketones is 1. The molecule has 0 aliphatic carbocycles. The van der Waals surface area contributed by atoms with Gasteiger partial charge in [0.1, 0.15) is 11.5 Å². The molecule has 6 nitrogen and oxygen atoms in total. The summed E-state index contributed by atoms with van der Waals surface area (Å²) in [7, 11) is 3.00. The summed E-state index contributed by atoms with van der Waals surface area (Å²) in [5.41, 5.74) is 1.34. The number of nitrogens with one attached hydrogen (secondary N) is 2. The van der Waals surface area contributed by atoms with Gasteiger partial charge in [0.05, 0.1) is 25.5 Å². The van der Waals surface area contributed by atoms with Crippen molar-refractivity contribution in [2.24, 2.45) is 0 Å². The van der Waals surface area contributed by atoms with Crippen molar-refractivity contribution in [2.45, 2.75) is 0 Å². The topological polar surface area (TPSA) is 80.4 Å². The normalized spacial score (nSPS) is 10.5. The fourth-order valence-corrected chi connectivity index (χ4v) is 2.66. The quantitative estimate of drug-likeness (QED) is 0.538. The predicted octanol–water partition coefficient (Wildman–Crippen LogP) is 3.66. The van der Waals surface area contributed by atoms with Gasteiger partial charge in [-0.3, -0.25) is 9.59 Å².